The average molecular weight is 220 g/mol. The molecular formula is C12H13FN2O. The van der Waals surface area contributed by atoms with Gasteiger partial charge in [-0.15, -0.1) is 0 Å². The summed E-state index contributed by atoms with van der Waals surface area (Å²) in [6.07, 6.45) is 0. The van der Waals surface area contributed by atoms with Crippen molar-refractivity contribution in [3.05, 3.63) is 35.8 Å². The van der Waals surface area contributed by atoms with Crippen LogP contribution >= 0.6 is 0 Å². The highest BCUT2D eigenvalue weighted by molar-refractivity contribution is 5.63. The Morgan fingerprint density at radius 3 is 2.44 bits per heavy atom. The maximum absolute atomic E-state index is 12.8. The fraction of sp³-hybridized carbons (Fsp3) is 0.250. The quantitative estimate of drug-likeness (QED) is 0.845. The molecule has 0 aliphatic heterocycles. The Morgan fingerprint density at radius 2 is 1.88 bits per heavy atom. The third-order valence-corrected chi connectivity index (χ3v) is 2.31. The Bertz CT molecular complexity index is 488. The third kappa shape index (κ3) is 1.91. The van der Waals surface area contributed by atoms with Crippen LogP contribution in [0.5, 0.6) is 0 Å². The summed E-state index contributed by atoms with van der Waals surface area (Å²) in [4.78, 5) is 4.12. The largest absolute Gasteiger partial charge is 0.428 e. The molecule has 0 saturated carbocycles. The van der Waals surface area contributed by atoms with Crippen LogP contribution in [0.15, 0.2) is 28.7 Å². The van der Waals surface area contributed by atoms with E-state index in [1.165, 1.54) is 12.1 Å². The van der Waals surface area contributed by atoms with E-state index in [1.54, 1.807) is 12.1 Å². The standard InChI is InChI=1S/C12H13FN2O/c1-7(2)11-10(15-12(14)16-11)8-3-5-9(13)6-4-8/h3-7H,1-2H3,(H2,14,15). The van der Waals surface area contributed by atoms with Crippen LogP contribution in [0.3, 0.4) is 0 Å². The van der Waals surface area contributed by atoms with Gasteiger partial charge in [0.25, 0.3) is 6.01 Å². The van der Waals surface area contributed by atoms with Crippen LogP contribution < -0.4 is 5.73 Å². The van der Waals surface area contributed by atoms with Gasteiger partial charge in [-0.2, -0.15) is 4.98 Å². The molecular weight excluding hydrogens is 207 g/mol. The van der Waals surface area contributed by atoms with Crippen molar-refractivity contribution in [1.82, 2.24) is 4.98 Å². The van der Waals surface area contributed by atoms with Crippen LogP contribution in [0, 0.1) is 5.82 Å². The summed E-state index contributed by atoms with van der Waals surface area (Å²) in [6.45, 7) is 3.99. The lowest BCUT2D eigenvalue weighted by molar-refractivity contribution is 0.500. The number of aromatic nitrogens is 1. The van der Waals surface area contributed by atoms with Gasteiger partial charge in [0.2, 0.25) is 0 Å². The van der Waals surface area contributed by atoms with Crippen molar-refractivity contribution in [2.75, 3.05) is 5.73 Å². The minimum Gasteiger partial charge on any atom is -0.428 e. The number of nitrogens with zero attached hydrogens (tertiary/aromatic N) is 1. The fourth-order valence-corrected chi connectivity index (χ4v) is 1.55. The van der Waals surface area contributed by atoms with Gasteiger partial charge in [0.05, 0.1) is 0 Å². The second kappa shape index (κ2) is 3.96. The van der Waals surface area contributed by atoms with Crippen LogP contribution in [-0.2, 0) is 0 Å². The molecule has 0 unspecified atom stereocenters. The molecule has 0 radical (unpaired) electrons. The molecule has 3 nitrogen and oxygen atoms in total. The van der Waals surface area contributed by atoms with E-state index >= 15 is 0 Å². The first-order valence-electron chi connectivity index (χ1n) is 5.10. The number of hydrogen-bond donors (Lipinski definition) is 1. The van der Waals surface area contributed by atoms with Crippen LogP contribution in [-0.4, -0.2) is 4.98 Å². The van der Waals surface area contributed by atoms with E-state index in [-0.39, 0.29) is 17.7 Å². The van der Waals surface area contributed by atoms with Gasteiger partial charge in [0, 0.05) is 11.5 Å². The summed E-state index contributed by atoms with van der Waals surface area (Å²) < 4.78 is 18.1. The van der Waals surface area contributed by atoms with Crippen molar-refractivity contribution in [2.24, 2.45) is 0 Å². The van der Waals surface area contributed by atoms with Gasteiger partial charge < -0.3 is 10.2 Å². The zero-order chi connectivity index (χ0) is 11.7. The molecule has 4 heteroatoms. The highest BCUT2D eigenvalue weighted by Gasteiger charge is 2.16. The number of oxazole rings is 1. The van der Waals surface area contributed by atoms with Crippen molar-refractivity contribution in [2.45, 2.75) is 19.8 Å². The SMILES string of the molecule is CC(C)c1oc(N)nc1-c1ccc(F)cc1. The predicted molar refractivity (Wildman–Crippen MR) is 60.4 cm³/mol. The summed E-state index contributed by atoms with van der Waals surface area (Å²) in [5, 5.41) is 0. The minimum atomic E-state index is -0.272. The number of nitrogens with two attached hydrogens (primary N) is 1. The minimum absolute atomic E-state index is 0.142. The molecule has 0 amide bonds. The molecule has 16 heavy (non-hydrogen) atoms. The van der Waals surface area contributed by atoms with Crippen molar-refractivity contribution in [3.8, 4) is 11.3 Å². The maximum Gasteiger partial charge on any atom is 0.292 e. The van der Waals surface area contributed by atoms with Gasteiger partial charge >= 0.3 is 0 Å². The first-order chi connectivity index (χ1) is 7.58. The molecule has 1 heterocycles. The van der Waals surface area contributed by atoms with Gasteiger partial charge in [-0.25, -0.2) is 4.39 Å². The number of anilines is 1. The third-order valence-electron chi connectivity index (χ3n) is 2.31. The van der Waals surface area contributed by atoms with Crippen LogP contribution in [0.2, 0.25) is 0 Å². The van der Waals surface area contributed by atoms with Gasteiger partial charge in [0.1, 0.15) is 17.3 Å². The topological polar surface area (TPSA) is 52.0 Å². The summed E-state index contributed by atoms with van der Waals surface area (Å²) >= 11 is 0. The van der Waals surface area contributed by atoms with E-state index in [9.17, 15) is 4.39 Å². The molecule has 0 spiro atoms. The van der Waals surface area contributed by atoms with E-state index in [0.29, 0.717) is 5.69 Å². The summed E-state index contributed by atoms with van der Waals surface area (Å²) in [5.41, 5.74) is 7.03. The summed E-state index contributed by atoms with van der Waals surface area (Å²) in [7, 11) is 0. The van der Waals surface area contributed by atoms with Gasteiger partial charge in [-0.1, -0.05) is 13.8 Å². The summed E-state index contributed by atoms with van der Waals surface area (Å²) in [6, 6.07) is 6.26. The van der Waals surface area contributed by atoms with Crippen LogP contribution in [0.1, 0.15) is 25.5 Å². The molecule has 0 saturated heterocycles. The van der Waals surface area contributed by atoms with E-state index < -0.39 is 0 Å². The smallest absolute Gasteiger partial charge is 0.292 e. The monoisotopic (exact) mass is 220 g/mol. The lowest BCUT2D eigenvalue weighted by Crippen LogP contribution is -1.89. The Balaban J connectivity index is 2.50. The number of hydrogen-bond acceptors (Lipinski definition) is 3. The fourth-order valence-electron chi connectivity index (χ4n) is 1.55. The highest BCUT2D eigenvalue weighted by Crippen LogP contribution is 2.30. The lowest BCUT2D eigenvalue weighted by atomic mass is 10.0. The first-order valence-corrected chi connectivity index (χ1v) is 5.10. The van der Waals surface area contributed by atoms with Gasteiger partial charge in [-0.3, -0.25) is 0 Å². The Labute approximate surface area is 93.1 Å². The van der Waals surface area contributed by atoms with Crippen LogP contribution in [0.4, 0.5) is 10.4 Å². The van der Waals surface area contributed by atoms with E-state index in [0.717, 1.165) is 11.3 Å². The van der Waals surface area contributed by atoms with Gasteiger partial charge in [0.15, 0.2) is 0 Å². The molecule has 2 aromatic rings. The number of benzene rings is 1. The average Bonchev–Trinajstić information content (AvgIpc) is 2.61. The van der Waals surface area contributed by atoms with E-state index in [4.69, 9.17) is 10.2 Å². The summed E-state index contributed by atoms with van der Waals surface area (Å²) in [5.74, 6) is 0.639. The molecule has 1 aromatic heterocycles. The maximum atomic E-state index is 12.8. The first kappa shape index (κ1) is 10.7. The number of rotatable bonds is 2. The van der Waals surface area contributed by atoms with Crippen molar-refractivity contribution >= 4 is 6.01 Å². The van der Waals surface area contributed by atoms with E-state index in [2.05, 4.69) is 4.98 Å². The zero-order valence-electron chi connectivity index (χ0n) is 9.20. The molecule has 0 fully saturated rings. The Kier molecular flexibility index (Phi) is 2.64. The predicted octanol–water partition coefficient (Wildman–Crippen LogP) is 3.19. The molecule has 0 atom stereocenters. The zero-order valence-corrected chi connectivity index (χ0v) is 9.20. The second-order valence-electron chi connectivity index (χ2n) is 3.93. The molecule has 84 valence electrons. The van der Waals surface area contributed by atoms with Crippen molar-refractivity contribution < 1.29 is 8.81 Å². The van der Waals surface area contributed by atoms with Crippen molar-refractivity contribution in [3.63, 3.8) is 0 Å². The molecule has 2 N–H and O–H groups in total. The highest BCUT2D eigenvalue weighted by atomic mass is 19.1. The molecule has 0 aliphatic rings. The Morgan fingerprint density at radius 1 is 1.25 bits per heavy atom. The molecule has 1 aromatic carbocycles. The lowest BCUT2D eigenvalue weighted by Gasteiger charge is -2.03. The van der Waals surface area contributed by atoms with E-state index in [1.807, 2.05) is 13.8 Å². The number of nitrogen functional groups attached to an aromatic ring is 1. The van der Waals surface area contributed by atoms with Crippen molar-refractivity contribution in [1.29, 1.82) is 0 Å². The molecule has 2 rings (SSSR count). The van der Waals surface area contributed by atoms with Gasteiger partial charge in [-0.05, 0) is 24.3 Å². The van der Waals surface area contributed by atoms with Crippen LogP contribution in [0.25, 0.3) is 11.3 Å². The second-order valence-corrected chi connectivity index (χ2v) is 3.93. The molecule has 0 aliphatic carbocycles. The Hall–Kier alpha value is -1.84. The normalized spacial score (nSPS) is 11.0. The number of halogens is 1. The molecule has 0 bridgehead atoms.